The summed E-state index contributed by atoms with van der Waals surface area (Å²) >= 11 is 0. The summed E-state index contributed by atoms with van der Waals surface area (Å²) in [5.41, 5.74) is 2.97. The number of nitrogens with zero attached hydrogens (tertiary/aromatic N) is 2. The minimum Gasteiger partial charge on any atom is -0.493 e. The molecule has 2 heterocycles. The van der Waals surface area contributed by atoms with Crippen LogP contribution in [0.2, 0.25) is 0 Å². The van der Waals surface area contributed by atoms with E-state index in [2.05, 4.69) is 11.9 Å². The molecule has 0 radical (unpaired) electrons. The Morgan fingerprint density at radius 3 is 2.59 bits per heavy atom. The van der Waals surface area contributed by atoms with Crippen molar-refractivity contribution in [3.8, 4) is 11.5 Å². The lowest BCUT2D eigenvalue weighted by Gasteiger charge is -2.20. The van der Waals surface area contributed by atoms with Gasteiger partial charge >= 0.3 is 0 Å². The van der Waals surface area contributed by atoms with Gasteiger partial charge in [0.25, 0.3) is 5.91 Å². The van der Waals surface area contributed by atoms with Gasteiger partial charge in [-0.2, -0.15) is 0 Å². The quantitative estimate of drug-likeness (QED) is 0.641. The predicted octanol–water partition coefficient (Wildman–Crippen LogP) is 3.21. The number of methoxy groups -OCH3 is 2. The predicted molar refractivity (Wildman–Crippen MR) is 103 cm³/mol. The van der Waals surface area contributed by atoms with E-state index < -0.39 is 0 Å². The van der Waals surface area contributed by atoms with E-state index in [9.17, 15) is 4.79 Å². The number of benzene rings is 1. The fourth-order valence-electron chi connectivity index (χ4n) is 3.51. The molecule has 1 aromatic heterocycles. The highest BCUT2D eigenvalue weighted by molar-refractivity contribution is 5.99. The summed E-state index contributed by atoms with van der Waals surface area (Å²) in [5.74, 6) is 1.35. The fraction of sp³-hybridized carbons (Fsp3) is 0.476. The molecule has 0 atom stereocenters. The summed E-state index contributed by atoms with van der Waals surface area (Å²) in [6.07, 6.45) is 6.61. The number of aryl methyl sites for hydroxylation is 1. The number of ether oxygens (including phenoxy) is 2. The van der Waals surface area contributed by atoms with E-state index in [1.807, 2.05) is 17.0 Å². The van der Waals surface area contributed by atoms with Gasteiger partial charge in [-0.25, -0.2) is 0 Å². The first-order valence-corrected chi connectivity index (χ1v) is 9.36. The summed E-state index contributed by atoms with van der Waals surface area (Å²) in [6, 6.07) is 5.72. The fourth-order valence-corrected chi connectivity index (χ4v) is 3.51. The first kappa shape index (κ1) is 19.3. The van der Waals surface area contributed by atoms with E-state index in [0.29, 0.717) is 18.0 Å². The molecular weight excluding hydrogens is 344 g/mol. The highest BCUT2D eigenvalue weighted by atomic mass is 16.5. The second kappa shape index (κ2) is 8.95. The number of carbonyl (C=O) groups excluding carboxylic acids is 1. The molecule has 6 nitrogen and oxygen atoms in total. The van der Waals surface area contributed by atoms with Crippen molar-refractivity contribution in [1.82, 2.24) is 9.80 Å². The van der Waals surface area contributed by atoms with Crippen LogP contribution in [0, 0.1) is 0 Å². The maximum absolute atomic E-state index is 12.7. The van der Waals surface area contributed by atoms with Gasteiger partial charge in [-0.3, -0.25) is 4.79 Å². The third-order valence-corrected chi connectivity index (χ3v) is 5.04. The van der Waals surface area contributed by atoms with Crippen LogP contribution in [0.1, 0.15) is 34.3 Å². The Bertz CT molecular complexity index is 758. The maximum atomic E-state index is 12.7. The molecule has 0 saturated carbocycles. The summed E-state index contributed by atoms with van der Waals surface area (Å²) in [5, 5.41) is 0. The van der Waals surface area contributed by atoms with Crippen LogP contribution < -0.4 is 9.47 Å². The summed E-state index contributed by atoms with van der Waals surface area (Å²) in [4.78, 5) is 16.9. The van der Waals surface area contributed by atoms with Crippen molar-refractivity contribution < 1.29 is 18.7 Å². The Balaban J connectivity index is 1.44. The van der Waals surface area contributed by atoms with Crippen molar-refractivity contribution in [3.63, 3.8) is 0 Å². The van der Waals surface area contributed by atoms with Gasteiger partial charge in [-0.15, -0.1) is 0 Å². The molecular formula is C21H28N2O4. The van der Waals surface area contributed by atoms with Crippen LogP contribution in [-0.2, 0) is 13.0 Å². The van der Waals surface area contributed by atoms with Gasteiger partial charge in [-0.05, 0) is 68.7 Å². The highest BCUT2D eigenvalue weighted by Gasteiger charge is 2.29. The zero-order valence-corrected chi connectivity index (χ0v) is 16.4. The topological polar surface area (TPSA) is 55.2 Å². The van der Waals surface area contributed by atoms with E-state index in [1.165, 1.54) is 5.56 Å². The van der Waals surface area contributed by atoms with E-state index in [4.69, 9.17) is 13.9 Å². The minimum atomic E-state index is 0.0774. The minimum absolute atomic E-state index is 0.0774. The lowest BCUT2D eigenvalue weighted by molar-refractivity contribution is 0.0772. The van der Waals surface area contributed by atoms with Crippen LogP contribution in [0.3, 0.4) is 0 Å². The van der Waals surface area contributed by atoms with Crippen molar-refractivity contribution in [2.45, 2.75) is 25.8 Å². The molecule has 0 bridgehead atoms. The molecule has 1 aliphatic heterocycles. The van der Waals surface area contributed by atoms with Crippen molar-refractivity contribution in [2.24, 2.45) is 0 Å². The van der Waals surface area contributed by atoms with Crippen LogP contribution in [0.15, 0.2) is 35.1 Å². The van der Waals surface area contributed by atoms with Gasteiger partial charge in [0.1, 0.15) is 0 Å². The lowest BCUT2D eigenvalue weighted by Crippen LogP contribution is -2.29. The summed E-state index contributed by atoms with van der Waals surface area (Å²) in [6.45, 7) is 3.40. The molecule has 1 amide bonds. The van der Waals surface area contributed by atoms with E-state index >= 15 is 0 Å². The molecule has 27 heavy (non-hydrogen) atoms. The Morgan fingerprint density at radius 2 is 1.89 bits per heavy atom. The highest BCUT2D eigenvalue weighted by Crippen LogP contribution is 2.34. The first-order valence-electron chi connectivity index (χ1n) is 9.36. The molecule has 1 aromatic carbocycles. The average molecular weight is 372 g/mol. The Kier molecular flexibility index (Phi) is 6.40. The number of fused-ring (bicyclic) bond motifs is 1. The number of hydrogen-bond donors (Lipinski definition) is 0. The van der Waals surface area contributed by atoms with E-state index in [0.717, 1.165) is 50.0 Å². The van der Waals surface area contributed by atoms with Crippen LogP contribution in [0.4, 0.5) is 0 Å². The molecule has 146 valence electrons. The van der Waals surface area contributed by atoms with Crippen LogP contribution in [-0.4, -0.2) is 56.6 Å². The van der Waals surface area contributed by atoms with Crippen molar-refractivity contribution in [2.75, 3.05) is 40.9 Å². The van der Waals surface area contributed by atoms with Gasteiger partial charge in [0.2, 0.25) is 0 Å². The number of rotatable bonds is 10. The maximum Gasteiger partial charge on any atom is 0.254 e. The number of furan rings is 1. The Hall–Kier alpha value is -2.47. The molecule has 6 heteroatoms. The lowest BCUT2D eigenvalue weighted by atomic mass is 10.1. The molecule has 0 fully saturated rings. The van der Waals surface area contributed by atoms with Crippen molar-refractivity contribution in [3.05, 3.63) is 47.4 Å². The zero-order chi connectivity index (χ0) is 19.2. The van der Waals surface area contributed by atoms with Gasteiger partial charge < -0.3 is 23.7 Å². The van der Waals surface area contributed by atoms with Crippen LogP contribution in [0.25, 0.3) is 0 Å². The standard InChI is InChI=1S/C21H28N2O4/c1-22(8-4-6-16-7-11-27-15-16)9-5-10-23-14-17-12-19(25-2)20(26-3)13-18(17)21(23)24/h7,11-13,15H,4-6,8-10,14H2,1-3H3. The van der Waals surface area contributed by atoms with Gasteiger partial charge in [-0.1, -0.05) is 0 Å². The second-order valence-electron chi connectivity index (χ2n) is 6.98. The normalized spacial score (nSPS) is 13.3. The molecule has 0 spiro atoms. The number of carbonyl (C=O) groups is 1. The second-order valence-corrected chi connectivity index (χ2v) is 6.98. The molecule has 0 unspecified atom stereocenters. The Morgan fingerprint density at radius 1 is 1.15 bits per heavy atom. The third kappa shape index (κ3) is 4.63. The molecule has 2 aromatic rings. The summed E-state index contributed by atoms with van der Waals surface area (Å²) < 4.78 is 15.7. The summed E-state index contributed by atoms with van der Waals surface area (Å²) in [7, 11) is 5.33. The van der Waals surface area contributed by atoms with E-state index in [1.54, 1.807) is 32.8 Å². The van der Waals surface area contributed by atoms with Crippen molar-refractivity contribution >= 4 is 5.91 Å². The zero-order valence-electron chi connectivity index (χ0n) is 16.4. The van der Waals surface area contributed by atoms with Gasteiger partial charge in [0.05, 0.1) is 26.7 Å². The smallest absolute Gasteiger partial charge is 0.254 e. The number of hydrogen-bond acceptors (Lipinski definition) is 5. The monoisotopic (exact) mass is 372 g/mol. The van der Waals surface area contributed by atoms with Crippen LogP contribution in [0.5, 0.6) is 11.5 Å². The SMILES string of the molecule is COc1cc2c(cc1OC)C(=O)N(CCCN(C)CCCc1ccoc1)C2. The molecule has 0 N–H and O–H groups in total. The van der Waals surface area contributed by atoms with Crippen molar-refractivity contribution in [1.29, 1.82) is 0 Å². The number of amides is 1. The van der Waals surface area contributed by atoms with Gasteiger partial charge in [0.15, 0.2) is 11.5 Å². The largest absolute Gasteiger partial charge is 0.493 e. The molecule has 1 aliphatic rings. The molecule has 0 aliphatic carbocycles. The first-order chi connectivity index (χ1) is 13.1. The van der Waals surface area contributed by atoms with E-state index in [-0.39, 0.29) is 5.91 Å². The molecule has 3 rings (SSSR count). The van der Waals surface area contributed by atoms with Gasteiger partial charge in [0, 0.05) is 18.7 Å². The average Bonchev–Trinajstić information content (AvgIpc) is 3.29. The molecule has 0 saturated heterocycles. The van der Waals surface area contributed by atoms with Crippen LogP contribution >= 0.6 is 0 Å². The third-order valence-electron chi connectivity index (χ3n) is 5.04. The Labute approximate surface area is 160 Å².